The number of ether oxygens (including phenoxy) is 3. The van der Waals surface area contributed by atoms with Crippen LogP contribution in [0.2, 0.25) is 0 Å². The Bertz CT molecular complexity index is 500. The van der Waals surface area contributed by atoms with E-state index in [0.717, 1.165) is 26.4 Å². The van der Waals surface area contributed by atoms with Gasteiger partial charge in [-0.2, -0.15) is 4.39 Å². The first kappa shape index (κ1) is 15.9. The van der Waals surface area contributed by atoms with Gasteiger partial charge in [-0.15, -0.1) is 0 Å². The number of carbonyl (C=O) groups excluding carboxylic acids is 2. The molecule has 0 atom stereocenters. The van der Waals surface area contributed by atoms with E-state index in [1.165, 1.54) is 0 Å². The van der Waals surface area contributed by atoms with Crippen LogP contribution >= 0.6 is 0 Å². The van der Waals surface area contributed by atoms with Gasteiger partial charge in [0.2, 0.25) is 5.82 Å². The molecule has 0 saturated heterocycles. The standard InChI is InChI=1S/C13H14F2O5/c1-4-20-8-6-5-7(10(14)11(8)15)9(12(16)18-2)13(17)19-3/h5-6,9H,4H2,1-3H3. The molecule has 5 nitrogen and oxygen atoms in total. The average molecular weight is 288 g/mol. The molecule has 0 amide bonds. The molecule has 0 unspecified atom stereocenters. The van der Waals surface area contributed by atoms with Crippen molar-refractivity contribution in [3.63, 3.8) is 0 Å². The zero-order valence-corrected chi connectivity index (χ0v) is 11.2. The molecule has 1 aromatic carbocycles. The number of benzene rings is 1. The van der Waals surface area contributed by atoms with Crippen molar-refractivity contribution < 1.29 is 32.6 Å². The number of carbonyl (C=O) groups is 2. The molecule has 20 heavy (non-hydrogen) atoms. The van der Waals surface area contributed by atoms with Crippen molar-refractivity contribution in [2.45, 2.75) is 12.8 Å². The quantitative estimate of drug-likeness (QED) is 0.610. The van der Waals surface area contributed by atoms with Gasteiger partial charge in [0.1, 0.15) is 0 Å². The van der Waals surface area contributed by atoms with Gasteiger partial charge < -0.3 is 14.2 Å². The van der Waals surface area contributed by atoms with Crippen LogP contribution in [0.5, 0.6) is 5.75 Å². The average Bonchev–Trinajstić information content (AvgIpc) is 2.46. The second-order valence-electron chi connectivity index (χ2n) is 3.69. The van der Waals surface area contributed by atoms with Crippen LogP contribution in [0.3, 0.4) is 0 Å². The summed E-state index contributed by atoms with van der Waals surface area (Å²) in [5, 5.41) is 0. The van der Waals surface area contributed by atoms with Gasteiger partial charge in [-0.25, -0.2) is 4.39 Å². The lowest BCUT2D eigenvalue weighted by Crippen LogP contribution is -2.25. The van der Waals surface area contributed by atoms with E-state index in [4.69, 9.17) is 4.74 Å². The van der Waals surface area contributed by atoms with Crippen LogP contribution in [-0.4, -0.2) is 32.8 Å². The van der Waals surface area contributed by atoms with Crippen LogP contribution in [0.15, 0.2) is 12.1 Å². The zero-order valence-electron chi connectivity index (χ0n) is 11.2. The maximum absolute atomic E-state index is 14.0. The van der Waals surface area contributed by atoms with Gasteiger partial charge in [0, 0.05) is 5.56 Å². The third-order valence-corrected chi connectivity index (χ3v) is 2.56. The maximum Gasteiger partial charge on any atom is 0.324 e. The first-order valence-electron chi connectivity index (χ1n) is 5.74. The van der Waals surface area contributed by atoms with E-state index in [1.807, 2.05) is 0 Å². The highest BCUT2D eigenvalue weighted by molar-refractivity contribution is 6.00. The van der Waals surface area contributed by atoms with Gasteiger partial charge in [-0.1, -0.05) is 6.07 Å². The molecule has 0 aliphatic carbocycles. The first-order chi connectivity index (χ1) is 9.47. The molecule has 0 aliphatic heterocycles. The summed E-state index contributed by atoms with van der Waals surface area (Å²) < 4.78 is 41.4. The summed E-state index contributed by atoms with van der Waals surface area (Å²) in [6, 6.07) is 2.22. The minimum absolute atomic E-state index is 0.146. The highest BCUT2D eigenvalue weighted by Gasteiger charge is 2.34. The molecule has 7 heteroatoms. The van der Waals surface area contributed by atoms with Crippen molar-refractivity contribution in [3.05, 3.63) is 29.3 Å². The molecule has 0 saturated carbocycles. The number of esters is 2. The Morgan fingerprint density at radius 1 is 1.10 bits per heavy atom. The molecule has 0 fully saturated rings. The number of rotatable bonds is 5. The van der Waals surface area contributed by atoms with E-state index in [-0.39, 0.29) is 12.4 Å². The van der Waals surface area contributed by atoms with Gasteiger partial charge in [0.15, 0.2) is 17.5 Å². The fraction of sp³-hybridized carbons (Fsp3) is 0.385. The molecule has 110 valence electrons. The Labute approximate surface area is 114 Å². The van der Waals surface area contributed by atoms with Crippen LogP contribution in [0.25, 0.3) is 0 Å². The van der Waals surface area contributed by atoms with E-state index in [0.29, 0.717) is 0 Å². The Kier molecular flexibility index (Phi) is 5.42. The molecule has 0 radical (unpaired) electrons. The first-order valence-corrected chi connectivity index (χ1v) is 5.74. The van der Waals surface area contributed by atoms with Crippen LogP contribution in [-0.2, 0) is 19.1 Å². The van der Waals surface area contributed by atoms with Crippen LogP contribution in [0.1, 0.15) is 18.4 Å². The Hall–Kier alpha value is -2.18. The lowest BCUT2D eigenvalue weighted by atomic mass is 9.98. The molecular weight excluding hydrogens is 274 g/mol. The Balaban J connectivity index is 3.31. The summed E-state index contributed by atoms with van der Waals surface area (Å²) in [5.41, 5.74) is -0.468. The topological polar surface area (TPSA) is 61.8 Å². The second kappa shape index (κ2) is 6.83. The molecule has 1 rings (SSSR count). The third-order valence-electron chi connectivity index (χ3n) is 2.56. The van der Waals surface area contributed by atoms with Crippen molar-refractivity contribution in [2.75, 3.05) is 20.8 Å². The number of hydrogen-bond acceptors (Lipinski definition) is 5. The summed E-state index contributed by atoms with van der Waals surface area (Å²) in [4.78, 5) is 23.1. The molecule has 0 N–H and O–H groups in total. The minimum Gasteiger partial charge on any atom is -0.491 e. The van der Waals surface area contributed by atoms with Crippen molar-refractivity contribution in [1.82, 2.24) is 0 Å². The van der Waals surface area contributed by atoms with Gasteiger partial charge >= 0.3 is 11.9 Å². The van der Waals surface area contributed by atoms with Gasteiger partial charge in [0.25, 0.3) is 0 Å². The van der Waals surface area contributed by atoms with Crippen molar-refractivity contribution in [2.24, 2.45) is 0 Å². The van der Waals surface area contributed by atoms with Crippen molar-refractivity contribution >= 4 is 11.9 Å². The monoisotopic (exact) mass is 288 g/mol. The fourth-order valence-electron chi connectivity index (χ4n) is 1.62. The molecule has 0 bridgehead atoms. The maximum atomic E-state index is 14.0. The third kappa shape index (κ3) is 3.04. The largest absolute Gasteiger partial charge is 0.491 e. The minimum atomic E-state index is -1.69. The second-order valence-corrected chi connectivity index (χ2v) is 3.69. The Morgan fingerprint density at radius 3 is 2.10 bits per heavy atom. The van der Waals surface area contributed by atoms with E-state index < -0.39 is 35.1 Å². The van der Waals surface area contributed by atoms with Crippen molar-refractivity contribution in [3.8, 4) is 5.75 Å². The zero-order chi connectivity index (χ0) is 15.3. The SMILES string of the molecule is CCOc1ccc(C(C(=O)OC)C(=O)OC)c(F)c1F. The van der Waals surface area contributed by atoms with Gasteiger partial charge in [-0.3, -0.25) is 9.59 Å². The van der Waals surface area contributed by atoms with Gasteiger partial charge in [-0.05, 0) is 13.0 Å². The molecule has 0 heterocycles. The lowest BCUT2D eigenvalue weighted by molar-refractivity contribution is -0.154. The fourth-order valence-corrected chi connectivity index (χ4v) is 1.62. The number of hydrogen-bond donors (Lipinski definition) is 0. The predicted octanol–water partition coefficient (Wildman–Crippen LogP) is 1.79. The number of halogens is 2. The van der Waals surface area contributed by atoms with Crippen molar-refractivity contribution in [1.29, 1.82) is 0 Å². The molecule has 0 spiro atoms. The summed E-state index contributed by atoms with van der Waals surface area (Å²) in [7, 11) is 2.06. The smallest absolute Gasteiger partial charge is 0.324 e. The molecule has 1 aromatic rings. The van der Waals surface area contributed by atoms with Gasteiger partial charge in [0.05, 0.1) is 20.8 Å². The predicted molar refractivity (Wildman–Crippen MR) is 64.3 cm³/mol. The summed E-state index contributed by atoms with van der Waals surface area (Å²) in [6.07, 6.45) is 0. The highest BCUT2D eigenvalue weighted by Crippen LogP contribution is 2.29. The normalized spacial score (nSPS) is 10.3. The summed E-state index contributed by atoms with van der Waals surface area (Å²) >= 11 is 0. The van der Waals surface area contributed by atoms with Crippen LogP contribution in [0.4, 0.5) is 8.78 Å². The summed E-state index contributed by atoms with van der Waals surface area (Å²) in [6.45, 7) is 1.75. The van der Waals surface area contributed by atoms with E-state index in [2.05, 4.69) is 9.47 Å². The van der Waals surface area contributed by atoms with E-state index in [9.17, 15) is 18.4 Å². The molecule has 0 aromatic heterocycles. The lowest BCUT2D eigenvalue weighted by Gasteiger charge is -2.15. The van der Waals surface area contributed by atoms with E-state index in [1.54, 1.807) is 6.92 Å². The molecular formula is C13H14F2O5. The Morgan fingerprint density at radius 2 is 1.65 bits per heavy atom. The number of methoxy groups -OCH3 is 2. The molecule has 0 aliphatic rings. The van der Waals surface area contributed by atoms with Crippen LogP contribution in [0, 0.1) is 11.6 Å². The summed E-state index contributed by atoms with van der Waals surface area (Å²) in [5.74, 6) is -6.70. The van der Waals surface area contributed by atoms with E-state index >= 15 is 0 Å². The van der Waals surface area contributed by atoms with Crippen LogP contribution < -0.4 is 4.74 Å². The highest BCUT2D eigenvalue weighted by atomic mass is 19.2.